The molecule has 1 heterocycles. The second kappa shape index (κ2) is 4.36. The summed E-state index contributed by atoms with van der Waals surface area (Å²) in [5.41, 5.74) is 5.97. The minimum Gasteiger partial charge on any atom is -0.342 e. The number of amides is 1. The number of hydrogen-bond acceptors (Lipinski definition) is 2. The first kappa shape index (κ1) is 11.9. The standard InChI is InChI=1S/C13H24N2O/c1-10-6-11(2)9-15(8-10)12(16)7-13(14)4-3-5-13/h10-11H,3-9,14H2,1-2H3. The van der Waals surface area contributed by atoms with E-state index in [4.69, 9.17) is 5.73 Å². The number of carbonyl (C=O) groups excluding carboxylic acids is 1. The maximum Gasteiger partial charge on any atom is 0.224 e. The molecule has 0 radical (unpaired) electrons. The molecule has 1 saturated carbocycles. The van der Waals surface area contributed by atoms with Gasteiger partial charge in [-0.25, -0.2) is 0 Å². The molecule has 92 valence electrons. The summed E-state index contributed by atoms with van der Waals surface area (Å²) in [5.74, 6) is 1.56. The van der Waals surface area contributed by atoms with Gasteiger partial charge in [-0.3, -0.25) is 4.79 Å². The van der Waals surface area contributed by atoms with Crippen LogP contribution in [0.1, 0.15) is 46.0 Å². The van der Waals surface area contributed by atoms with Crippen molar-refractivity contribution in [2.24, 2.45) is 17.6 Å². The van der Waals surface area contributed by atoms with Gasteiger partial charge in [0.2, 0.25) is 5.91 Å². The van der Waals surface area contributed by atoms with Crippen molar-refractivity contribution in [2.45, 2.75) is 51.5 Å². The van der Waals surface area contributed by atoms with Crippen LogP contribution in [-0.2, 0) is 4.79 Å². The van der Waals surface area contributed by atoms with Crippen LogP contribution < -0.4 is 5.73 Å². The highest BCUT2D eigenvalue weighted by atomic mass is 16.2. The third kappa shape index (κ3) is 2.57. The second-order valence-corrected chi connectivity index (χ2v) is 6.14. The fraction of sp³-hybridized carbons (Fsp3) is 0.923. The van der Waals surface area contributed by atoms with Gasteiger partial charge in [0, 0.05) is 25.0 Å². The minimum atomic E-state index is -0.166. The van der Waals surface area contributed by atoms with Gasteiger partial charge < -0.3 is 10.6 Å². The molecule has 3 heteroatoms. The first-order valence-electron chi connectivity index (χ1n) is 6.55. The lowest BCUT2D eigenvalue weighted by molar-refractivity contribution is -0.136. The van der Waals surface area contributed by atoms with Crippen molar-refractivity contribution in [2.75, 3.05) is 13.1 Å². The van der Waals surface area contributed by atoms with Gasteiger partial charge in [-0.2, -0.15) is 0 Å². The van der Waals surface area contributed by atoms with Crippen molar-refractivity contribution in [3.8, 4) is 0 Å². The van der Waals surface area contributed by atoms with Crippen LogP contribution >= 0.6 is 0 Å². The van der Waals surface area contributed by atoms with E-state index < -0.39 is 0 Å². The van der Waals surface area contributed by atoms with Crippen molar-refractivity contribution in [1.82, 2.24) is 4.90 Å². The maximum absolute atomic E-state index is 12.1. The van der Waals surface area contributed by atoms with E-state index in [2.05, 4.69) is 13.8 Å². The summed E-state index contributed by atoms with van der Waals surface area (Å²) in [7, 11) is 0. The highest BCUT2D eigenvalue weighted by Gasteiger charge is 2.37. The molecule has 1 saturated heterocycles. The fourth-order valence-corrected chi connectivity index (χ4v) is 3.09. The van der Waals surface area contributed by atoms with Crippen LogP contribution in [-0.4, -0.2) is 29.4 Å². The van der Waals surface area contributed by atoms with Crippen LogP contribution in [0.15, 0.2) is 0 Å². The van der Waals surface area contributed by atoms with E-state index in [9.17, 15) is 4.79 Å². The number of rotatable bonds is 2. The van der Waals surface area contributed by atoms with E-state index in [-0.39, 0.29) is 11.4 Å². The van der Waals surface area contributed by atoms with Crippen molar-refractivity contribution < 1.29 is 4.79 Å². The molecule has 2 fully saturated rings. The Balaban J connectivity index is 1.88. The molecule has 3 nitrogen and oxygen atoms in total. The van der Waals surface area contributed by atoms with Gasteiger partial charge in [0.25, 0.3) is 0 Å². The zero-order valence-electron chi connectivity index (χ0n) is 10.5. The van der Waals surface area contributed by atoms with Crippen molar-refractivity contribution in [3.63, 3.8) is 0 Å². The lowest BCUT2D eigenvalue weighted by atomic mass is 9.75. The zero-order valence-corrected chi connectivity index (χ0v) is 10.5. The Morgan fingerprint density at radius 3 is 2.31 bits per heavy atom. The molecule has 0 bridgehead atoms. The summed E-state index contributed by atoms with van der Waals surface area (Å²) in [5, 5.41) is 0. The Morgan fingerprint density at radius 1 is 1.31 bits per heavy atom. The van der Waals surface area contributed by atoms with E-state index in [1.807, 2.05) is 4.90 Å². The third-order valence-corrected chi connectivity index (χ3v) is 4.07. The van der Waals surface area contributed by atoms with Crippen molar-refractivity contribution >= 4 is 5.91 Å². The average Bonchev–Trinajstić information content (AvgIpc) is 2.13. The van der Waals surface area contributed by atoms with Gasteiger partial charge in [-0.1, -0.05) is 13.8 Å². The number of nitrogens with two attached hydrogens (primary N) is 1. The van der Waals surface area contributed by atoms with Gasteiger partial charge in [0.15, 0.2) is 0 Å². The lowest BCUT2D eigenvalue weighted by Gasteiger charge is -2.41. The smallest absolute Gasteiger partial charge is 0.224 e. The van der Waals surface area contributed by atoms with Crippen LogP contribution in [0.2, 0.25) is 0 Å². The molecule has 0 aromatic rings. The Labute approximate surface area is 98.4 Å². The van der Waals surface area contributed by atoms with Gasteiger partial charge >= 0.3 is 0 Å². The van der Waals surface area contributed by atoms with E-state index >= 15 is 0 Å². The zero-order chi connectivity index (χ0) is 11.8. The van der Waals surface area contributed by atoms with Gasteiger partial charge in [0.05, 0.1) is 0 Å². The van der Waals surface area contributed by atoms with E-state index in [0.717, 1.165) is 25.9 Å². The number of carbonyl (C=O) groups is 1. The summed E-state index contributed by atoms with van der Waals surface area (Å²) in [6.45, 7) is 6.33. The van der Waals surface area contributed by atoms with E-state index in [0.29, 0.717) is 18.3 Å². The second-order valence-electron chi connectivity index (χ2n) is 6.14. The van der Waals surface area contributed by atoms with E-state index in [1.165, 1.54) is 12.8 Å². The largest absolute Gasteiger partial charge is 0.342 e. The minimum absolute atomic E-state index is 0.166. The number of likely N-dealkylation sites (tertiary alicyclic amines) is 1. The van der Waals surface area contributed by atoms with Gasteiger partial charge in [-0.05, 0) is 37.5 Å². The number of piperidine rings is 1. The topological polar surface area (TPSA) is 46.3 Å². The lowest BCUT2D eigenvalue weighted by Crippen LogP contribution is -2.52. The molecule has 16 heavy (non-hydrogen) atoms. The quantitative estimate of drug-likeness (QED) is 0.777. The SMILES string of the molecule is CC1CC(C)CN(C(=O)CC2(N)CCC2)C1. The molecule has 0 aromatic heterocycles. The highest BCUT2D eigenvalue weighted by Crippen LogP contribution is 2.33. The number of hydrogen-bond donors (Lipinski definition) is 1. The molecule has 2 unspecified atom stereocenters. The molecule has 0 spiro atoms. The van der Waals surface area contributed by atoms with Crippen molar-refractivity contribution in [1.29, 1.82) is 0 Å². The predicted molar refractivity (Wildman–Crippen MR) is 64.9 cm³/mol. The summed E-state index contributed by atoms with van der Waals surface area (Å²) in [6.07, 6.45) is 5.05. The summed E-state index contributed by atoms with van der Waals surface area (Å²) >= 11 is 0. The summed E-state index contributed by atoms with van der Waals surface area (Å²) < 4.78 is 0. The first-order valence-corrected chi connectivity index (χ1v) is 6.55. The summed E-state index contributed by atoms with van der Waals surface area (Å²) in [4.78, 5) is 14.2. The average molecular weight is 224 g/mol. The van der Waals surface area contributed by atoms with Gasteiger partial charge in [0.1, 0.15) is 0 Å². The molecule has 2 atom stereocenters. The first-order chi connectivity index (χ1) is 7.48. The Hall–Kier alpha value is -0.570. The van der Waals surface area contributed by atoms with Crippen LogP contribution in [0.5, 0.6) is 0 Å². The molecular weight excluding hydrogens is 200 g/mol. The normalized spacial score (nSPS) is 33.3. The monoisotopic (exact) mass is 224 g/mol. The maximum atomic E-state index is 12.1. The Bertz CT molecular complexity index is 263. The molecule has 1 aliphatic heterocycles. The molecule has 2 N–H and O–H groups in total. The highest BCUT2D eigenvalue weighted by molar-refractivity contribution is 5.77. The Kier molecular flexibility index (Phi) is 3.24. The predicted octanol–water partition coefficient (Wildman–Crippen LogP) is 1.76. The van der Waals surface area contributed by atoms with Crippen LogP contribution in [0, 0.1) is 11.8 Å². The van der Waals surface area contributed by atoms with Crippen LogP contribution in [0.4, 0.5) is 0 Å². The van der Waals surface area contributed by atoms with Crippen LogP contribution in [0.25, 0.3) is 0 Å². The summed E-state index contributed by atoms with van der Waals surface area (Å²) in [6, 6.07) is 0. The molecular formula is C13H24N2O. The molecule has 1 aliphatic carbocycles. The fourth-order valence-electron chi connectivity index (χ4n) is 3.09. The Morgan fingerprint density at radius 2 is 1.88 bits per heavy atom. The third-order valence-electron chi connectivity index (χ3n) is 4.07. The van der Waals surface area contributed by atoms with E-state index in [1.54, 1.807) is 0 Å². The van der Waals surface area contributed by atoms with Crippen LogP contribution in [0.3, 0.4) is 0 Å². The molecule has 2 rings (SSSR count). The van der Waals surface area contributed by atoms with Gasteiger partial charge in [-0.15, -0.1) is 0 Å². The van der Waals surface area contributed by atoms with Crippen molar-refractivity contribution in [3.05, 3.63) is 0 Å². The number of nitrogens with zero attached hydrogens (tertiary/aromatic N) is 1. The molecule has 1 amide bonds. The molecule has 0 aromatic carbocycles. The molecule has 2 aliphatic rings.